The molecule has 0 atom stereocenters. The van der Waals surface area contributed by atoms with Crippen LogP contribution in [0.15, 0.2) is 18.2 Å². The fourth-order valence-electron chi connectivity index (χ4n) is 1.75. The van der Waals surface area contributed by atoms with E-state index in [-0.39, 0.29) is 6.42 Å². The number of nitrogens with zero attached hydrogens (tertiary/aromatic N) is 1. The highest BCUT2D eigenvalue weighted by Gasteiger charge is 2.40. The molecule has 5 heteroatoms. The summed E-state index contributed by atoms with van der Waals surface area (Å²) in [6.07, 6.45) is 0.429. The molecule has 1 heterocycles. The van der Waals surface area contributed by atoms with Crippen LogP contribution < -0.4 is 0 Å². The first-order chi connectivity index (χ1) is 8.04. The molecule has 0 saturated carbocycles. The van der Waals surface area contributed by atoms with Crippen molar-refractivity contribution in [2.75, 3.05) is 0 Å². The molecule has 0 spiro atoms. The molecule has 0 radical (unpaired) electrons. The molecule has 3 amide bonds. The summed E-state index contributed by atoms with van der Waals surface area (Å²) >= 11 is 5.83. The molecule has 0 unspecified atom stereocenters. The van der Waals surface area contributed by atoms with Gasteiger partial charge in [-0.1, -0.05) is 18.5 Å². The maximum Gasteiger partial charge on any atom is 0.267 e. The van der Waals surface area contributed by atoms with E-state index in [1.807, 2.05) is 6.92 Å². The smallest absolute Gasteiger partial charge is 0.267 e. The maximum atomic E-state index is 12.0. The minimum atomic E-state index is -0.556. The predicted molar refractivity (Wildman–Crippen MR) is 61.6 cm³/mol. The summed E-state index contributed by atoms with van der Waals surface area (Å²) in [4.78, 5) is 35.0. The van der Waals surface area contributed by atoms with Crippen LogP contribution in [-0.2, 0) is 16.0 Å². The SMILES string of the molecule is CCc1cc(Cl)ccc1C(=O)N1C(=O)CC1=O. The fourth-order valence-corrected chi connectivity index (χ4v) is 1.94. The number of likely N-dealkylation sites (tertiary alicyclic amines) is 1. The van der Waals surface area contributed by atoms with Crippen molar-refractivity contribution < 1.29 is 14.4 Å². The molecule has 1 saturated heterocycles. The van der Waals surface area contributed by atoms with E-state index < -0.39 is 17.7 Å². The Labute approximate surface area is 103 Å². The van der Waals surface area contributed by atoms with Gasteiger partial charge in [0.05, 0.1) is 0 Å². The first-order valence-electron chi connectivity index (χ1n) is 5.23. The lowest BCUT2D eigenvalue weighted by atomic mass is 10.0. The normalized spacial score (nSPS) is 14.8. The van der Waals surface area contributed by atoms with E-state index in [0.29, 0.717) is 21.9 Å². The Morgan fingerprint density at radius 3 is 2.53 bits per heavy atom. The fraction of sp³-hybridized carbons (Fsp3) is 0.250. The second kappa shape index (κ2) is 4.30. The number of halogens is 1. The third-order valence-electron chi connectivity index (χ3n) is 2.68. The second-order valence-corrected chi connectivity index (χ2v) is 4.20. The molecule has 1 aromatic carbocycles. The number of carbonyl (C=O) groups is 3. The molecule has 0 aromatic heterocycles. The Morgan fingerprint density at radius 2 is 2.00 bits per heavy atom. The molecule has 1 aliphatic rings. The highest BCUT2D eigenvalue weighted by Crippen LogP contribution is 2.21. The highest BCUT2D eigenvalue weighted by molar-refractivity contribution is 6.31. The summed E-state index contributed by atoms with van der Waals surface area (Å²) in [5, 5.41) is 0.527. The van der Waals surface area contributed by atoms with Gasteiger partial charge in [0.1, 0.15) is 6.42 Å². The van der Waals surface area contributed by atoms with E-state index in [4.69, 9.17) is 11.6 Å². The quantitative estimate of drug-likeness (QED) is 0.458. The van der Waals surface area contributed by atoms with E-state index in [1.54, 1.807) is 18.2 Å². The van der Waals surface area contributed by atoms with E-state index in [0.717, 1.165) is 5.56 Å². The van der Waals surface area contributed by atoms with E-state index in [2.05, 4.69) is 0 Å². The summed E-state index contributed by atoms with van der Waals surface area (Å²) in [7, 11) is 0. The Morgan fingerprint density at radius 1 is 1.35 bits per heavy atom. The summed E-state index contributed by atoms with van der Waals surface area (Å²) in [6.45, 7) is 1.88. The first-order valence-corrected chi connectivity index (χ1v) is 5.61. The van der Waals surface area contributed by atoms with E-state index in [1.165, 1.54) is 0 Å². The molecule has 0 bridgehead atoms. The molecular formula is C12H10ClNO3. The summed E-state index contributed by atoms with van der Waals surface area (Å²) in [5.74, 6) is -1.45. The number of hydrogen-bond acceptors (Lipinski definition) is 3. The Balaban J connectivity index is 2.37. The van der Waals surface area contributed by atoms with Gasteiger partial charge in [0.15, 0.2) is 0 Å². The average Bonchev–Trinajstić information content (AvgIpc) is 2.28. The number of imide groups is 3. The highest BCUT2D eigenvalue weighted by atomic mass is 35.5. The standard InChI is InChI=1S/C12H10ClNO3/c1-2-7-5-8(13)3-4-9(7)12(17)14-10(15)6-11(14)16/h3-5H,2,6H2,1H3. The first kappa shape index (κ1) is 11.8. The topological polar surface area (TPSA) is 54.5 Å². The van der Waals surface area contributed by atoms with Crippen LogP contribution in [0.4, 0.5) is 0 Å². The lowest BCUT2D eigenvalue weighted by Crippen LogP contribution is -2.52. The third-order valence-corrected chi connectivity index (χ3v) is 2.92. The van der Waals surface area contributed by atoms with Crippen molar-refractivity contribution in [3.05, 3.63) is 34.3 Å². The van der Waals surface area contributed by atoms with Crippen molar-refractivity contribution in [3.63, 3.8) is 0 Å². The van der Waals surface area contributed by atoms with Gasteiger partial charge in [-0.25, -0.2) is 4.90 Å². The van der Waals surface area contributed by atoms with Crippen LogP contribution in [0, 0.1) is 0 Å². The summed E-state index contributed by atoms with van der Waals surface area (Å²) < 4.78 is 0. The molecule has 1 aliphatic heterocycles. The van der Waals surface area contributed by atoms with Gasteiger partial charge in [-0.15, -0.1) is 0 Å². The monoisotopic (exact) mass is 251 g/mol. The lowest BCUT2D eigenvalue weighted by molar-refractivity contribution is -0.153. The summed E-state index contributed by atoms with van der Waals surface area (Å²) in [6, 6.07) is 4.79. The van der Waals surface area contributed by atoms with Gasteiger partial charge in [-0.2, -0.15) is 0 Å². The third kappa shape index (κ3) is 1.96. The Hall–Kier alpha value is -1.68. The van der Waals surface area contributed by atoms with Crippen LogP contribution in [0.1, 0.15) is 29.3 Å². The minimum absolute atomic E-state index is 0.180. The van der Waals surface area contributed by atoms with Crippen LogP contribution in [-0.4, -0.2) is 22.6 Å². The van der Waals surface area contributed by atoms with Gasteiger partial charge in [-0.3, -0.25) is 14.4 Å². The van der Waals surface area contributed by atoms with Crippen molar-refractivity contribution in [1.29, 1.82) is 0 Å². The molecule has 0 aliphatic carbocycles. The second-order valence-electron chi connectivity index (χ2n) is 3.76. The molecule has 0 N–H and O–H groups in total. The number of carbonyl (C=O) groups excluding carboxylic acids is 3. The average molecular weight is 252 g/mol. The van der Waals surface area contributed by atoms with Crippen LogP contribution in [0.5, 0.6) is 0 Å². The maximum absolute atomic E-state index is 12.0. The van der Waals surface area contributed by atoms with Crippen molar-refractivity contribution in [2.24, 2.45) is 0 Å². The van der Waals surface area contributed by atoms with Crippen LogP contribution in [0.3, 0.4) is 0 Å². The van der Waals surface area contributed by atoms with Crippen LogP contribution in [0.25, 0.3) is 0 Å². The molecule has 88 valence electrons. The lowest BCUT2D eigenvalue weighted by Gasteiger charge is -2.26. The molecule has 4 nitrogen and oxygen atoms in total. The molecule has 2 rings (SSSR count). The van der Waals surface area contributed by atoms with Crippen LogP contribution in [0.2, 0.25) is 5.02 Å². The van der Waals surface area contributed by atoms with Crippen molar-refractivity contribution in [2.45, 2.75) is 19.8 Å². The molecule has 1 fully saturated rings. The van der Waals surface area contributed by atoms with Gasteiger partial charge in [-0.05, 0) is 30.2 Å². The number of β-lactam (4-membered cyclic amide) rings is 2. The van der Waals surface area contributed by atoms with Crippen LogP contribution >= 0.6 is 11.6 Å². The van der Waals surface area contributed by atoms with Gasteiger partial charge >= 0.3 is 0 Å². The zero-order valence-corrected chi connectivity index (χ0v) is 9.95. The van der Waals surface area contributed by atoms with E-state index >= 15 is 0 Å². The molecular weight excluding hydrogens is 242 g/mol. The van der Waals surface area contributed by atoms with Gasteiger partial charge in [0.25, 0.3) is 5.91 Å². The largest absolute Gasteiger partial charge is 0.273 e. The zero-order chi connectivity index (χ0) is 12.6. The summed E-state index contributed by atoms with van der Waals surface area (Å²) in [5.41, 5.74) is 1.09. The number of hydrogen-bond donors (Lipinski definition) is 0. The van der Waals surface area contributed by atoms with Crippen molar-refractivity contribution >= 4 is 29.3 Å². The number of rotatable bonds is 2. The molecule has 17 heavy (non-hydrogen) atoms. The Bertz CT molecular complexity index is 510. The van der Waals surface area contributed by atoms with Crippen molar-refractivity contribution in [1.82, 2.24) is 4.90 Å². The van der Waals surface area contributed by atoms with Gasteiger partial charge < -0.3 is 0 Å². The predicted octanol–water partition coefficient (Wildman–Crippen LogP) is 1.80. The number of aryl methyl sites for hydroxylation is 1. The number of amides is 3. The number of benzene rings is 1. The van der Waals surface area contributed by atoms with E-state index in [9.17, 15) is 14.4 Å². The van der Waals surface area contributed by atoms with Crippen molar-refractivity contribution in [3.8, 4) is 0 Å². The minimum Gasteiger partial charge on any atom is -0.273 e. The Kier molecular flexibility index (Phi) is 2.98. The van der Waals surface area contributed by atoms with Gasteiger partial charge in [0, 0.05) is 10.6 Å². The zero-order valence-electron chi connectivity index (χ0n) is 9.20. The van der Waals surface area contributed by atoms with Gasteiger partial charge in [0.2, 0.25) is 11.8 Å². The molecule has 1 aromatic rings.